The van der Waals surface area contributed by atoms with Crippen molar-refractivity contribution in [2.45, 2.75) is 54.9 Å². The molecule has 0 aromatic heterocycles. The molecule has 0 N–H and O–H groups in total. The minimum atomic E-state index is 0. The third-order valence-electron chi connectivity index (χ3n) is 6.80. The van der Waals surface area contributed by atoms with Crippen LogP contribution in [0.15, 0.2) is 65.1 Å². The van der Waals surface area contributed by atoms with E-state index < -0.39 is 0 Å². The van der Waals surface area contributed by atoms with Gasteiger partial charge in [-0.3, -0.25) is 0 Å². The highest BCUT2D eigenvalue weighted by Crippen LogP contribution is 2.43. The summed E-state index contributed by atoms with van der Waals surface area (Å²) in [6.07, 6.45) is 0. The van der Waals surface area contributed by atoms with Gasteiger partial charge in [0.2, 0.25) is 5.36 Å². The van der Waals surface area contributed by atoms with Gasteiger partial charge in [-0.2, -0.15) is 0 Å². The Labute approximate surface area is 205 Å². The van der Waals surface area contributed by atoms with Gasteiger partial charge in [-0.1, -0.05) is 45.5 Å². The number of hydrogen-bond acceptors (Lipinski definition) is 2. The first-order chi connectivity index (χ1) is 16.0. The predicted octanol–water partition coefficient (Wildman–Crippen LogP) is 7.62. The van der Waals surface area contributed by atoms with Gasteiger partial charge in [-0.25, -0.2) is 4.58 Å². The van der Waals surface area contributed by atoms with E-state index in [1.54, 1.807) is 0 Å². The molecule has 4 rings (SSSR count). The summed E-state index contributed by atoms with van der Waals surface area (Å²) in [7, 11) is 0. The maximum absolute atomic E-state index is 6.62. The van der Waals surface area contributed by atoms with Crippen LogP contribution in [0.4, 0.5) is 5.69 Å². The first-order valence-electron chi connectivity index (χ1n) is 12.4. The molecule has 2 aromatic carbocycles. The van der Waals surface area contributed by atoms with Crippen LogP contribution in [-0.2, 0) is 0 Å². The molecule has 0 saturated carbocycles. The summed E-state index contributed by atoms with van der Waals surface area (Å²) in [6.45, 7) is 17.3. The molecule has 2 aliphatic rings. The highest BCUT2D eigenvalue weighted by molar-refractivity contribution is 6.03. The van der Waals surface area contributed by atoms with E-state index in [2.05, 4.69) is 112 Å². The lowest BCUT2D eigenvalue weighted by molar-refractivity contribution is 0.604. The van der Waals surface area contributed by atoms with Crippen molar-refractivity contribution in [3.05, 3.63) is 71.6 Å². The minimum absolute atomic E-state index is 0. The van der Waals surface area contributed by atoms with Crippen LogP contribution in [-0.4, -0.2) is 26.2 Å². The summed E-state index contributed by atoms with van der Waals surface area (Å²) < 4.78 is 8.98. The number of fused-ring (bicyclic) bond motifs is 2. The Bertz CT molecular complexity index is 1290. The lowest BCUT2D eigenvalue weighted by Gasteiger charge is -2.23. The molecule has 0 radical (unpaired) electrons. The zero-order valence-electron chi connectivity index (χ0n) is 21.0. The Kier molecular flexibility index (Phi) is 8.19. The smallest absolute Gasteiger partial charge is 0.203 e. The van der Waals surface area contributed by atoms with Gasteiger partial charge >= 0.3 is 0 Å². The highest BCUT2D eigenvalue weighted by atomic mass is 16.3. The Morgan fingerprint density at radius 1 is 0.824 bits per heavy atom. The Morgan fingerprint density at radius 2 is 1.53 bits per heavy atom. The lowest BCUT2D eigenvalue weighted by atomic mass is 9.87. The van der Waals surface area contributed by atoms with Crippen LogP contribution in [0.25, 0.3) is 33.4 Å². The molecule has 0 amide bonds. The monoisotopic (exact) mass is 457 g/mol. The maximum atomic E-state index is 6.62. The van der Waals surface area contributed by atoms with Crippen LogP contribution < -0.4 is 14.8 Å². The van der Waals surface area contributed by atoms with Crippen molar-refractivity contribution in [2.24, 2.45) is 0 Å². The normalized spacial score (nSPS) is 11.1. The van der Waals surface area contributed by atoms with Gasteiger partial charge in [0.1, 0.15) is 24.4 Å². The van der Waals surface area contributed by atoms with E-state index in [1.165, 1.54) is 38.7 Å². The standard InChI is InChI=1S/C30H37N2O.CH4/c1-7-31(8-2)22-15-17-26-28(19-22)33-29-20-23(32(9-3)10-4)16-18-27(29)30(26)25-14-12-11-13-24(25)21(5)6;/h11-21H,7-10H2,1-6H3;1H4/q+1;. The van der Waals surface area contributed by atoms with E-state index in [0.29, 0.717) is 5.92 Å². The third-order valence-corrected chi connectivity index (χ3v) is 6.80. The lowest BCUT2D eigenvalue weighted by Crippen LogP contribution is -2.29. The van der Waals surface area contributed by atoms with E-state index in [0.717, 1.165) is 37.5 Å². The van der Waals surface area contributed by atoms with E-state index in [1.807, 2.05) is 0 Å². The van der Waals surface area contributed by atoms with Gasteiger partial charge in [0, 0.05) is 47.4 Å². The van der Waals surface area contributed by atoms with Gasteiger partial charge in [0.05, 0.1) is 6.07 Å². The SMILES string of the molecule is C.CCN(CC)c1ccc2c(-c3ccccc3C(C)C)c3ccc(=[N+](CC)CC)cc-3oc2c1. The van der Waals surface area contributed by atoms with E-state index in [-0.39, 0.29) is 7.43 Å². The predicted molar refractivity (Wildman–Crippen MR) is 149 cm³/mol. The van der Waals surface area contributed by atoms with Crippen molar-refractivity contribution >= 4 is 16.7 Å². The first kappa shape index (κ1) is 25.6. The Hall–Kier alpha value is -3.07. The molecule has 0 atom stereocenters. The summed E-state index contributed by atoms with van der Waals surface area (Å²) in [4.78, 5) is 2.37. The number of anilines is 1. The third kappa shape index (κ3) is 4.61. The largest absolute Gasteiger partial charge is 0.456 e. The molecule has 3 heteroatoms. The van der Waals surface area contributed by atoms with Gasteiger partial charge in [-0.05, 0) is 62.9 Å². The van der Waals surface area contributed by atoms with Crippen molar-refractivity contribution < 1.29 is 4.42 Å². The van der Waals surface area contributed by atoms with Gasteiger partial charge in [-0.15, -0.1) is 0 Å². The fourth-order valence-corrected chi connectivity index (χ4v) is 4.96. The minimum Gasteiger partial charge on any atom is -0.456 e. The summed E-state index contributed by atoms with van der Waals surface area (Å²) in [5, 5.41) is 2.38. The summed E-state index contributed by atoms with van der Waals surface area (Å²) in [5.74, 6) is 1.38. The highest BCUT2D eigenvalue weighted by Gasteiger charge is 2.21. The zero-order chi connectivity index (χ0) is 23.5. The van der Waals surface area contributed by atoms with Crippen molar-refractivity contribution in [1.29, 1.82) is 0 Å². The van der Waals surface area contributed by atoms with E-state index in [9.17, 15) is 0 Å². The summed E-state index contributed by atoms with van der Waals surface area (Å²) in [5.41, 5.74) is 7.25. The topological polar surface area (TPSA) is 19.4 Å². The van der Waals surface area contributed by atoms with Crippen LogP contribution >= 0.6 is 0 Å². The molecule has 3 nitrogen and oxygen atoms in total. The summed E-state index contributed by atoms with van der Waals surface area (Å²) in [6, 6.07) is 22.2. The molecule has 34 heavy (non-hydrogen) atoms. The number of benzene rings is 3. The molecule has 0 bridgehead atoms. The average Bonchev–Trinajstić information content (AvgIpc) is 2.84. The van der Waals surface area contributed by atoms with Crippen LogP contribution in [0.2, 0.25) is 0 Å². The van der Waals surface area contributed by atoms with Crippen molar-refractivity contribution in [1.82, 2.24) is 4.58 Å². The van der Waals surface area contributed by atoms with Crippen LogP contribution in [0.1, 0.15) is 60.5 Å². The zero-order valence-corrected chi connectivity index (χ0v) is 21.0. The molecule has 2 aromatic rings. The molecule has 0 fully saturated rings. The fraction of sp³-hybridized carbons (Fsp3) is 0.387. The first-order valence-corrected chi connectivity index (χ1v) is 12.4. The molecule has 0 spiro atoms. The molecule has 180 valence electrons. The van der Waals surface area contributed by atoms with Gasteiger partial charge in [0.15, 0.2) is 0 Å². The molecular weight excluding hydrogens is 416 g/mol. The van der Waals surface area contributed by atoms with Crippen molar-refractivity contribution in [2.75, 3.05) is 31.1 Å². The van der Waals surface area contributed by atoms with Gasteiger partial charge < -0.3 is 9.32 Å². The second-order valence-corrected chi connectivity index (χ2v) is 8.92. The number of hydrogen-bond donors (Lipinski definition) is 0. The van der Waals surface area contributed by atoms with Crippen molar-refractivity contribution in [3.8, 4) is 22.5 Å². The Morgan fingerprint density at radius 3 is 2.18 bits per heavy atom. The Balaban J connectivity index is 0.00000324. The maximum Gasteiger partial charge on any atom is 0.203 e. The molecule has 1 aliphatic heterocycles. The molecular formula is C31H41N2O+. The fourth-order valence-electron chi connectivity index (χ4n) is 4.96. The van der Waals surface area contributed by atoms with Crippen LogP contribution in [0.3, 0.4) is 0 Å². The van der Waals surface area contributed by atoms with Crippen LogP contribution in [0, 0.1) is 0 Å². The number of nitrogens with zero attached hydrogens (tertiary/aromatic N) is 2. The van der Waals surface area contributed by atoms with Gasteiger partial charge in [0.25, 0.3) is 0 Å². The number of rotatable bonds is 7. The second-order valence-electron chi connectivity index (χ2n) is 8.92. The van der Waals surface area contributed by atoms with Crippen molar-refractivity contribution in [3.63, 3.8) is 0 Å². The molecule has 1 heterocycles. The quantitative estimate of drug-likeness (QED) is 0.210. The molecule has 0 saturated heterocycles. The summed E-state index contributed by atoms with van der Waals surface area (Å²) >= 11 is 0. The van der Waals surface area contributed by atoms with E-state index >= 15 is 0 Å². The molecule has 1 aliphatic carbocycles. The van der Waals surface area contributed by atoms with Crippen LogP contribution in [0.5, 0.6) is 0 Å². The second kappa shape index (κ2) is 10.9. The molecule has 0 unspecified atom stereocenters. The van der Waals surface area contributed by atoms with E-state index in [4.69, 9.17) is 4.42 Å². The average molecular weight is 458 g/mol.